The Morgan fingerprint density at radius 3 is 1.67 bits per heavy atom. The van der Waals surface area contributed by atoms with Crippen molar-refractivity contribution >= 4 is 0 Å². The second kappa shape index (κ2) is 6.01. The summed E-state index contributed by atoms with van der Waals surface area (Å²) in [5.41, 5.74) is 1.32. The molecule has 0 saturated heterocycles. The van der Waals surface area contributed by atoms with Crippen LogP contribution in [0.3, 0.4) is 0 Å². The fourth-order valence-corrected chi connectivity index (χ4v) is 0.534. The van der Waals surface area contributed by atoms with Crippen LogP contribution in [0, 0.1) is 6.92 Å². The maximum absolute atomic E-state index is 2.08. The average Bonchev–Trinajstić information content (AvgIpc) is 1.69. The Kier molecular flexibility index (Phi) is 7.78. The molecule has 0 aliphatic heterocycles. The SMILES string of the molecule is C.Cc1ccccc1.[Pd]. The quantitative estimate of drug-likeness (QED) is 0.583. The molecule has 0 amide bonds. The summed E-state index contributed by atoms with van der Waals surface area (Å²) in [5.74, 6) is 0. The predicted molar refractivity (Wildman–Crippen MR) is 37.9 cm³/mol. The van der Waals surface area contributed by atoms with E-state index in [2.05, 4.69) is 19.1 Å². The zero-order chi connectivity index (χ0) is 5.11. The molecular formula is C8H12Pd. The van der Waals surface area contributed by atoms with Crippen LogP contribution in [0.4, 0.5) is 0 Å². The molecule has 0 bridgehead atoms. The Labute approximate surface area is 70.9 Å². The van der Waals surface area contributed by atoms with Gasteiger partial charge in [-0.05, 0) is 6.92 Å². The molecular weight excluding hydrogens is 203 g/mol. The van der Waals surface area contributed by atoms with Crippen molar-refractivity contribution in [2.24, 2.45) is 0 Å². The Bertz CT molecular complexity index is 134. The average molecular weight is 215 g/mol. The third kappa shape index (κ3) is 4.39. The zero-order valence-electron chi connectivity index (χ0n) is 4.70. The van der Waals surface area contributed by atoms with Gasteiger partial charge in [0.1, 0.15) is 0 Å². The van der Waals surface area contributed by atoms with E-state index in [1.54, 1.807) is 0 Å². The van der Waals surface area contributed by atoms with Gasteiger partial charge in [0, 0.05) is 20.4 Å². The standard InChI is InChI=1S/C7H8.CH4.Pd/c1-7-5-3-2-4-6-7;;/h2-6H,1H3;1H4;. The molecule has 0 aliphatic carbocycles. The van der Waals surface area contributed by atoms with Crippen molar-refractivity contribution in [1.29, 1.82) is 0 Å². The van der Waals surface area contributed by atoms with E-state index >= 15 is 0 Å². The fraction of sp³-hybridized carbons (Fsp3) is 0.250. The van der Waals surface area contributed by atoms with Gasteiger partial charge in [-0.3, -0.25) is 0 Å². The van der Waals surface area contributed by atoms with Crippen LogP contribution in [-0.2, 0) is 20.4 Å². The third-order valence-electron chi connectivity index (χ3n) is 0.940. The van der Waals surface area contributed by atoms with E-state index in [4.69, 9.17) is 0 Å². The zero-order valence-corrected chi connectivity index (χ0v) is 6.26. The summed E-state index contributed by atoms with van der Waals surface area (Å²) < 4.78 is 0. The molecule has 1 heteroatoms. The van der Waals surface area contributed by atoms with Crippen molar-refractivity contribution in [2.45, 2.75) is 14.4 Å². The molecule has 0 nitrogen and oxygen atoms in total. The molecule has 0 spiro atoms. The number of aryl methyl sites for hydroxylation is 1. The minimum Gasteiger partial charge on any atom is -0.0776 e. The molecule has 0 unspecified atom stereocenters. The first-order valence-electron chi connectivity index (χ1n) is 2.41. The normalized spacial score (nSPS) is 6.78. The van der Waals surface area contributed by atoms with Gasteiger partial charge in [-0.15, -0.1) is 0 Å². The molecule has 1 aromatic rings. The van der Waals surface area contributed by atoms with Gasteiger partial charge in [0.05, 0.1) is 0 Å². The van der Waals surface area contributed by atoms with Crippen LogP contribution < -0.4 is 0 Å². The Balaban J connectivity index is 0. The molecule has 0 heterocycles. The van der Waals surface area contributed by atoms with Crippen LogP contribution in [0.25, 0.3) is 0 Å². The van der Waals surface area contributed by atoms with Gasteiger partial charge in [0.2, 0.25) is 0 Å². The summed E-state index contributed by atoms with van der Waals surface area (Å²) in [5, 5.41) is 0. The van der Waals surface area contributed by atoms with E-state index in [0.717, 1.165) is 0 Å². The van der Waals surface area contributed by atoms with E-state index in [0.29, 0.717) is 0 Å². The van der Waals surface area contributed by atoms with Crippen LogP contribution in [0.5, 0.6) is 0 Å². The summed E-state index contributed by atoms with van der Waals surface area (Å²) in [6.07, 6.45) is 0. The van der Waals surface area contributed by atoms with E-state index in [9.17, 15) is 0 Å². The smallest absolute Gasteiger partial charge is 0 e. The molecule has 0 radical (unpaired) electrons. The van der Waals surface area contributed by atoms with Gasteiger partial charge < -0.3 is 0 Å². The number of benzene rings is 1. The van der Waals surface area contributed by atoms with E-state index < -0.39 is 0 Å². The summed E-state index contributed by atoms with van der Waals surface area (Å²) in [6.45, 7) is 2.08. The minimum atomic E-state index is 0. The Morgan fingerprint density at radius 1 is 1.00 bits per heavy atom. The van der Waals surface area contributed by atoms with Crippen molar-refractivity contribution < 1.29 is 20.4 Å². The minimum absolute atomic E-state index is 0. The molecule has 0 atom stereocenters. The summed E-state index contributed by atoms with van der Waals surface area (Å²) in [6, 6.07) is 10.3. The van der Waals surface area contributed by atoms with Crippen molar-refractivity contribution in [3.63, 3.8) is 0 Å². The maximum atomic E-state index is 2.08. The first-order chi connectivity index (χ1) is 3.39. The van der Waals surface area contributed by atoms with Gasteiger partial charge in [-0.1, -0.05) is 43.3 Å². The Hall–Kier alpha value is -0.118. The monoisotopic (exact) mass is 214 g/mol. The third-order valence-corrected chi connectivity index (χ3v) is 0.940. The van der Waals surface area contributed by atoms with Crippen molar-refractivity contribution in [3.05, 3.63) is 35.9 Å². The van der Waals surface area contributed by atoms with Gasteiger partial charge in [0.15, 0.2) is 0 Å². The van der Waals surface area contributed by atoms with Crippen molar-refractivity contribution in [2.75, 3.05) is 0 Å². The van der Waals surface area contributed by atoms with Gasteiger partial charge in [-0.25, -0.2) is 0 Å². The van der Waals surface area contributed by atoms with Gasteiger partial charge in [0.25, 0.3) is 0 Å². The Morgan fingerprint density at radius 2 is 1.44 bits per heavy atom. The summed E-state index contributed by atoms with van der Waals surface area (Å²) in [7, 11) is 0. The van der Waals surface area contributed by atoms with Crippen LogP contribution in [0.2, 0.25) is 0 Å². The van der Waals surface area contributed by atoms with Crippen LogP contribution in [0.15, 0.2) is 30.3 Å². The van der Waals surface area contributed by atoms with Crippen molar-refractivity contribution in [1.82, 2.24) is 0 Å². The molecule has 0 aromatic heterocycles. The molecule has 1 aromatic carbocycles. The van der Waals surface area contributed by atoms with Gasteiger partial charge >= 0.3 is 0 Å². The molecule has 9 heavy (non-hydrogen) atoms. The molecule has 0 fully saturated rings. The van der Waals surface area contributed by atoms with E-state index in [-0.39, 0.29) is 27.8 Å². The number of rotatable bonds is 0. The first-order valence-corrected chi connectivity index (χ1v) is 2.41. The summed E-state index contributed by atoms with van der Waals surface area (Å²) in [4.78, 5) is 0. The predicted octanol–water partition coefficient (Wildman–Crippen LogP) is 2.63. The first kappa shape index (κ1) is 11.7. The second-order valence-electron chi connectivity index (χ2n) is 1.65. The fourth-order valence-electron chi connectivity index (χ4n) is 0.534. The maximum Gasteiger partial charge on any atom is 0 e. The van der Waals surface area contributed by atoms with Crippen LogP contribution in [-0.4, -0.2) is 0 Å². The molecule has 0 N–H and O–H groups in total. The van der Waals surface area contributed by atoms with Gasteiger partial charge in [-0.2, -0.15) is 0 Å². The number of hydrogen-bond acceptors (Lipinski definition) is 0. The van der Waals surface area contributed by atoms with Crippen LogP contribution in [0.1, 0.15) is 13.0 Å². The van der Waals surface area contributed by atoms with Crippen LogP contribution >= 0.6 is 0 Å². The molecule has 0 saturated carbocycles. The summed E-state index contributed by atoms with van der Waals surface area (Å²) >= 11 is 0. The largest absolute Gasteiger partial charge is 0.0776 e. The molecule has 0 aliphatic rings. The van der Waals surface area contributed by atoms with Crippen molar-refractivity contribution in [3.8, 4) is 0 Å². The topological polar surface area (TPSA) is 0 Å². The molecule has 1 rings (SSSR count). The van der Waals surface area contributed by atoms with E-state index in [1.165, 1.54) is 5.56 Å². The van der Waals surface area contributed by atoms with E-state index in [1.807, 2.05) is 18.2 Å². The number of hydrogen-bond donors (Lipinski definition) is 0. The molecule has 54 valence electrons. The second-order valence-corrected chi connectivity index (χ2v) is 1.65.